The molecule has 0 fully saturated rings. The van der Waals surface area contributed by atoms with Crippen LogP contribution in [0.5, 0.6) is 0 Å². The number of halogens is 1. The lowest BCUT2D eigenvalue weighted by Gasteiger charge is -2.10. The van der Waals surface area contributed by atoms with Gasteiger partial charge in [0.15, 0.2) is 5.58 Å². The topological polar surface area (TPSA) is 13.1 Å². The summed E-state index contributed by atoms with van der Waals surface area (Å²) in [6.07, 6.45) is 8.31. The van der Waals surface area contributed by atoms with E-state index < -0.39 is 0 Å². The van der Waals surface area contributed by atoms with E-state index in [9.17, 15) is 0 Å². The molecule has 0 radical (unpaired) electrons. The van der Waals surface area contributed by atoms with Gasteiger partial charge < -0.3 is 4.42 Å². The average Bonchev–Trinajstić information content (AvgIpc) is 3.20. The zero-order valence-corrected chi connectivity index (χ0v) is 12.1. The Balaban J connectivity index is 1.75. The average molecular weight is 293 g/mol. The first-order valence-corrected chi connectivity index (χ1v) is 7.68. The molecule has 0 saturated heterocycles. The molecule has 3 aromatic rings. The fraction of sp³-hybridized carbons (Fsp3) is 0.158. The van der Waals surface area contributed by atoms with Crippen molar-refractivity contribution in [2.24, 2.45) is 11.8 Å². The largest absolute Gasteiger partial charge is 0.454 e. The second-order valence-corrected chi connectivity index (χ2v) is 6.35. The predicted octanol–water partition coefficient (Wildman–Crippen LogP) is 5.83. The Morgan fingerprint density at radius 3 is 2.81 bits per heavy atom. The highest BCUT2D eigenvalue weighted by atomic mass is 35.5. The highest BCUT2D eigenvalue weighted by Gasteiger charge is 2.28. The minimum atomic E-state index is 0.592. The van der Waals surface area contributed by atoms with Crippen LogP contribution in [-0.4, -0.2) is 0 Å². The molecule has 1 nitrogen and oxygen atoms in total. The summed E-state index contributed by atoms with van der Waals surface area (Å²) >= 11 is 6.23. The molecule has 0 N–H and O–H groups in total. The molecule has 21 heavy (non-hydrogen) atoms. The summed E-state index contributed by atoms with van der Waals surface area (Å²) in [5.41, 5.74) is 4.46. The Kier molecular flexibility index (Phi) is 2.23. The highest BCUT2D eigenvalue weighted by molar-refractivity contribution is 6.35. The standard InChI is InChI=1S/C19H13ClO/c20-17-3-1-2-14-16-10-13(6-7-18(16)21-19(14)17)15-9-11-4-5-12(15)8-11/h1-7,9-12H,8H2. The summed E-state index contributed by atoms with van der Waals surface area (Å²) < 4.78 is 5.90. The van der Waals surface area contributed by atoms with E-state index in [1.165, 1.54) is 17.6 Å². The van der Waals surface area contributed by atoms with E-state index in [4.69, 9.17) is 16.0 Å². The van der Waals surface area contributed by atoms with Crippen LogP contribution in [0.3, 0.4) is 0 Å². The van der Waals surface area contributed by atoms with Gasteiger partial charge in [0.25, 0.3) is 0 Å². The van der Waals surface area contributed by atoms with E-state index in [-0.39, 0.29) is 0 Å². The number of hydrogen-bond acceptors (Lipinski definition) is 1. The molecule has 5 rings (SSSR count). The smallest absolute Gasteiger partial charge is 0.153 e. The lowest BCUT2D eigenvalue weighted by molar-refractivity contribution is 0.669. The zero-order valence-electron chi connectivity index (χ0n) is 11.3. The minimum Gasteiger partial charge on any atom is -0.454 e. The van der Waals surface area contributed by atoms with Crippen LogP contribution in [0.2, 0.25) is 5.02 Å². The van der Waals surface area contributed by atoms with Crippen LogP contribution in [0, 0.1) is 11.8 Å². The summed E-state index contributed by atoms with van der Waals surface area (Å²) in [5.74, 6) is 1.23. The Labute approximate surface area is 127 Å². The van der Waals surface area contributed by atoms with Crippen LogP contribution in [0.15, 0.2) is 59.0 Å². The maximum atomic E-state index is 6.23. The van der Waals surface area contributed by atoms with Crippen LogP contribution in [0.1, 0.15) is 12.0 Å². The van der Waals surface area contributed by atoms with Crippen molar-refractivity contribution in [3.63, 3.8) is 0 Å². The normalized spacial score (nSPS) is 23.4. The van der Waals surface area contributed by atoms with E-state index in [0.29, 0.717) is 16.9 Å². The fourth-order valence-corrected chi connectivity index (χ4v) is 3.90. The second-order valence-electron chi connectivity index (χ2n) is 5.94. The zero-order chi connectivity index (χ0) is 14.0. The Bertz CT molecular complexity index is 945. The third-order valence-corrected chi connectivity index (χ3v) is 4.99. The summed E-state index contributed by atoms with van der Waals surface area (Å²) in [5, 5.41) is 2.92. The van der Waals surface area contributed by atoms with Gasteiger partial charge in [-0.3, -0.25) is 0 Å². The lowest BCUT2D eigenvalue weighted by Crippen LogP contribution is -1.92. The van der Waals surface area contributed by atoms with Gasteiger partial charge in [0.1, 0.15) is 5.58 Å². The van der Waals surface area contributed by atoms with Crippen molar-refractivity contribution in [3.8, 4) is 0 Å². The molecule has 2 unspecified atom stereocenters. The molecular formula is C19H13ClO. The number of furan rings is 1. The molecule has 102 valence electrons. The summed E-state index contributed by atoms with van der Waals surface area (Å²) in [6.45, 7) is 0. The molecule has 2 aromatic carbocycles. The van der Waals surface area contributed by atoms with E-state index in [0.717, 1.165) is 21.9 Å². The van der Waals surface area contributed by atoms with Crippen LogP contribution >= 0.6 is 11.6 Å². The Morgan fingerprint density at radius 2 is 2.00 bits per heavy atom. The molecule has 2 atom stereocenters. The van der Waals surface area contributed by atoms with Crippen LogP contribution in [-0.2, 0) is 0 Å². The second kappa shape index (κ2) is 4.02. The number of allylic oxidation sites excluding steroid dienone is 4. The van der Waals surface area contributed by atoms with Gasteiger partial charge in [-0.25, -0.2) is 0 Å². The molecule has 2 heteroatoms. The quantitative estimate of drug-likeness (QED) is 0.514. The van der Waals surface area contributed by atoms with Gasteiger partial charge in [0.2, 0.25) is 0 Å². The van der Waals surface area contributed by atoms with Crippen LogP contribution in [0.4, 0.5) is 0 Å². The van der Waals surface area contributed by atoms with Gasteiger partial charge >= 0.3 is 0 Å². The van der Waals surface area contributed by atoms with Crippen LogP contribution in [0.25, 0.3) is 27.5 Å². The van der Waals surface area contributed by atoms with Crippen molar-refractivity contribution in [2.75, 3.05) is 0 Å². The molecule has 0 amide bonds. The van der Waals surface area contributed by atoms with Crippen molar-refractivity contribution in [1.29, 1.82) is 0 Å². The molecule has 1 aromatic heterocycles. The Morgan fingerprint density at radius 1 is 1.05 bits per heavy atom. The fourth-order valence-electron chi connectivity index (χ4n) is 3.69. The monoisotopic (exact) mass is 292 g/mol. The number of benzene rings is 2. The molecule has 2 aliphatic carbocycles. The SMILES string of the molecule is Clc1cccc2c1oc1ccc(C3=CC4C=CC3C4)cc12. The maximum Gasteiger partial charge on any atom is 0.153 e. The van der Waals surface area contributed by atoms with E-state index in [2.05, 4.69) is 42.5 Å². The van der Waals surface area contributed by atoms with Crippen molar-refractivity contribution in [3.05, 3.63) is 65.2 Å². The molecule has 2 aliphatic rings. The van der Waals surface area contributed by atoms with Crippen molar-refractivity contribution in [1.82, 2.24) is 0 Å². The van der Waals surface area contributed by atoms with E-state index in [1.54, 1.807) is 0 Å². The van der Waals surface area contributed by atoms with E-state index in [1.807, 2.05) is 12.1 Å². The third-order valence-electron chi connectivity index (χ3n) is 4.69. The Hall–Kier alpha value is -1.99. The van der Waals surface area contributed by atoms with Gasteiger partial charge in [0.05, 0.1) is 5.02 Å². The van der Waals surface area contributed by atoms with Gasteiger partial charge in [0, 0.05) is 16.7 Å². The van der Waals surface area contributed by atoms with Crippen molar-refractivity contribution in [2.45, 2.75) is 6.42 Å². The number of hydrogen-bond donors (Lipinski definition) is 0. The minimum absolute atomic E-state index is 0.592. The predicted molar refractivity (Wildman–Crippen MR) is 87.4 cm³/mol. The highest BCUT2D eigenvalue weighted by Crippen LogP contribution is 2.44. The number of fused-ring (bicyclic) bond motifs is 5. The number of rotatable bonds is 1. The molecule has 0 saturated carbocycles. The van der Waals surface area contributed by atoms with Gasteiger partial charge in [-0.1, -0.05) is 48.0 Å². The first kappa shape index (κ1) is 11.6. The summed E-state index contributed by atoms with van der Waals surface area (Å²) in [4.78, 5) is 0. The van der Waals surface area contributed by atoms with E-state index >= 15 is 0 Å². The van der Waals surface area contributed by atoms with Crippen LogP contribution < -0.4 is 0 Å². The van der Waals surface area contributed by atoms with Gasteiger partial charge in [-0.05, 0) is 41.7 Å². The summed E-state index contributed by atoms with van der Waals surface area (Å²) in [6, 6.07) is 12.4. The summed E-state index contributed by atoms with van der Waals surface area (Å²) in [7, 11) is 0. The van der Waals surface area contributed by atoms with Crippen molar-refractivity contribution < 1.29 is 4.42 Å². The van der Waals surface area contributed by atoms with Gasteiger partial charge in [-0.15, -0.1) is 0 Å². The molecule has 0 aliphatic heterocycles. The maximum absolute atomic E-state index is 6.23. The first-order chi connectivity index (χ1) is 10.3. The molecule has 0 spiro atoms. The third kappa shape index (κ3) is 1.58. The van der Waals surface area contributed by atoms with Crippen molar-refractivity contribution >= 4 is 39.1 Å². The number of para-hydroxylation sites is 1. The molecule has 2 bridgehead atoms. The van der Waals surface area contributed by atoms with Gasteiger partial charge in [-0.2, -0.15) is 0 Å². The lowest BCUT2D eigenvalue weighted by atomic mass is 9.94. The first-order valence-electron chi connectivity index (χ1n) is 7.31. The molecule has 1 heterocycles. The molecular weight excluding hydrogens is 280 g/mol.